The number of amides is 3. The highest BCUT2D eigenvalue weighted by Crippen LogP contribution is 2.30. The Kier molecular flexibility index (Phi) is 13.6. The first-order valence-corrected chi connectivity index (χ1v) is 16.1. The van der Waals surface area contributed by atoms with Gasteiger partial charge in [0.1, 0.15) is 17.7 Å². The van der Waals surface area contributed by atoms with Crippen LogP contribution in [0.4, 0.5) is 4.79 Å². The Hall–Kier alpha value is -2.60. The summed E-state index contributed by atoms with van der Waals surface area (Å²) < 4.78 is 10.6. The third kappa shape index (κ3) is 10.5. The summed E-state index contributed by atoms with van der Waals surface area (Å²) in [7, 11) is 0. The molecule has 2 aliphatic rings. The van der Waals surface area contributed by atoms with Crippen molar-refractivity contribution < 1.29 is 33.8 Å². The Morgan fingerprint density at radius 1 is 1.02 bits per heavy atom. The molecule has 1 saturated heterocycles. The maximum Gasteiger partial charge on any atom is 0.408 e. The molecule has 1 saturated carbocycles. The van der Waals surface area contributed by atoms with Crippen LogP contribution in [0.25, 0.3) is 0 Å². The number of alkyl carbamates (subject to hydrolysis) is 1. The van der Waals surface area contributed by atoms with E-state index < -0.39 is 29.7 Å². The van der Waals surface area contributed by atoms with Crippen molar-refractivity contribution in [1.82, 2.24) is 20.4 Å². The lowest BCUT2D eigenvalue weighted by atomic mass is 9.83. The molecule has 1 heterocycles. The van der Waals surface area contributed by atoms with Crippen LogP contribution in [-0.2, 0) is 30.3 Å². The SMILES string of the molecule is CCOC(=O)C1CCCC[C@@H]1N1CCN(C(=O)C(Cc2ccc(Cl)cc2Cl)NC(=O)C(CCO)NC(=O)OC(C)(C)C)CC1. The normalized spacial score (nSPS) is 20.8. The molecular formula is C31H46Cl2N4O7. The molecule has 4 atom stereocenters. The van der Waals surface area contributed by atoms with Gasteiger partial charge in [-0.05, 0) is 64.7 Å². The number of nitrogens with one attached hydrogen (secondary N) is 2. The lowest BCUT2D eigenvalue weighted by Gasteiger charge is -2.44. The number of hydrogen-bond acceptors (Lipinski definition) is 8. The summed E-state index contributed by atoms with van der Waals surface area (Å²) in [6, 6.07) is 2.88. The van der Waals surface area contributed by atoms with Crippen LogP contribution in [0.5, 0.6) is 0 Å². The number of rotatable bonds is 11. The molecule has 1 aliphatic heterocycles. The molecule has 0 aromatic heterocycles. The summed E-state index contributed by atoms with van der Waals surface area (Å²) in [5, 5.41) is 15.7. The van der Waals surface area contributed by atoms with Gasteiger partial charge in [-0.3, -0.25) is 19.3 Å². The van der Waals surface area contributed by atoms with E-state index in [2.05, 4.69) is 15.5 Å². The molecule has 0 bridgehead atoms. The van der Waals surface area contributed by atoms with Gasteiger partial charge >= 0.3 is 12.1 Å². The van der Waals surface area contributed by atoms with E-state index in [9.17, 15) is 24.3 Å². The Labute approximate surface area is 269 Å². The maximum absolute atomic E-state index is 13.9. The summed E-state index contributed by atoms with van der Waals surface area (Å²) in [5.41, 5.74) is -0.170. The van der Waals surface area contributed by atoms with Crippen LogP contribution in [0.2, 0.25) is 10.0 Å². The van der Waals surface area contributed by atoms with Crippen LogP contribution in [0.3, 0.4) is 0 Å². The number of hydrogen-bond donors (Lipinski definition) is 3. The Morgan fingerprint density at radius 3 is 2.32 bits per heavy atom. The lowest BCUT2D eigenvalue weighted by molar-refractivity contribution is -0.153. The number of aliphatic hydroxyl groups is 1. The minimum Gasteiger partial charge on any atom is -0.466 e. The second kappa shape index (κ2) is 16.6. The van der Waals surface area contributed by atoms with Gasteiger partial charge in [0.25, 0.3) is 0 Å². The first-order chi connectivity index (χ1) is 20.8. The van der Waals surface area contributed by atoms with Crippen LogP contribution >= 0.6 is 23.2 Å². The molecule has 13 heteroatoms. The van der Waals surface area contributed by atoms with Gasteiger partial charge in [-0.2, -0.15) is 0 Å². The monoisotopic (exact) mass is 656 g/mol. The van der Waals surface area contributed by atoms with Gasteiger partial charge in [0.05, 0.1) is 12.5 Å². The van der Waals surface area contributed by atoms with Crippen LogP contribution in [-0.4, -0.2) is 102 Å². The highest BCUT2D eigenvalue weighted by Gasteiger charge is 2.38. The van der Waals surface area contributed by atoms with Crippen molar-refractivity contribution in [3.8, 4) is 0 Å². The van der Waals surface area contributed by atoms with Crippen molar-refractivity contribution in [2.75, 3.05) is 39.4 Å². The predicted molar refractivity (Wildman–Crippen MR) is 167 cm³/mol. The molecule has 0 spiro atoms. The van der Waals surface area contributed by atoms with E-state index >= 15 is 0 Å². The van der Waals surface area contributed by atoms with Crippen molar-refractivity contribution in [3.63, 3.8) is 0 Å². The number of halogens is 2. The average Bonchev–Trinajstić information content (AvgIpc) is 2.96. The van der Waals surface area contributed by atoms with Gasteiger partial charge in [-0.15, -0.1) is 0 Å². The molecule has 44 heavy (non-hydrogen) atoms. The minimum atomic E-state index is -1.13. The highest BCUT2D eigenvalue weighted by molar-refractivity contribution is 6.35. The first kappa shape index (κ1) is 35.9. The fourth-order valence-corrected chi connectivity index (χ4v) is 6.28. The molecule has 3 amide bonds. The zero-order valence-electron chi connectivity index (χ0n) is 26.1. The Bertz CT molecular complexity index is 1150. The molecular weight excluding hydrogens is 611 g/mol. The van der Waals surface area contributed by atoms with Crippen molar-refractivity contribution in [1.29, 1.82) is 0 Å². The van der Waals surface area contributed by atoms with Gasteiger partial charge < -0.3 is 30.1 Å². The van der Waals surface area contributed by atoms with Gasteiger partial charge in [0.2, 0.25) is 11.8 Å². The average molecular weight is 658 g/mol. The van der Waals surface area contributed by atoms with E-state index in [-0.39, 0.29) is 43.3 Å². The highest BCUT2D eigenvalue weighted by atomic mass is 35.5. The number of nitrogens with zero attached hydrogens (tertiary/aromatic N) is 2. The van der Waals surface area contributed by atoms with Crippen LogP contribution in [0, 0.1) is 5.92 Å². The molecule has 3 N–H and O–H groups in total. The van der Waals surface area contributed by atoms with Gasteiger partial charge in [-0.25, -0.2) is 4.79 Å². The second-order valence-corrected chi connectivity index (χ2v) is 13.1. The van der Waals surface area contributed by atoms with Gasteiger partial charge in [0.15, 0.2) is 0 Å². The summed E-state index contributed by atoms with van der Waals surface area (Å²) in [5.74, 6) is -1.26. The van der Waals surface area contributed by atoms with Crippen molar-refractivity contribution >= 4 is 47.1 Å². The van der Waals surface area contributed by atoms with Crippen LogP contribution in [0.1, 0.15) is 65.4 Å². The van der Waals surface area contributed by atoms with E-state index in [0.717, 1.165) is 25.7 Å². The fourth-order valence-electron chi connectivity index (χ4n) is 5.79. The molecule has 1 aromatic rings. The molecule has 0 radical (unpaired) electrons. The number of piperazine rings is 1. The quantitative estimate of drug-likeness (QED) is 0.308. The molecule has 2 fully saturated rings. The molecule has 3 rings (SSSR count). The molecule has 246 valence electrons. The number of carbonyl (C=O) groups excluding carboxylic acids is 4. The van der Waals surface area contributed by atoms with Crippen LogP contribution in [0.15, 0.2) is 18.2 Å². The molecule has 3 unspecified atom stereocenters. The number of ether oxygens (including phenoxy) is 2. The number of aliphatic hydroxyl groups excluding tert-OH is 1. The van der Waals surface area contributed by atoms with Crippen molar-refractivity contribution in [2.45, 2.75) is 89.9 Å². The van der Waals surface area contributed by atoms with Gasteiger partial charge in [-0.1, -0.05) is 42.1 Å². The molecule has 1 aromatic carbocycles. The zero-order chi connectivity index (χ0) is 32.4. The number of carbonyl (C=O) groups is 4. The zero-order valence-corrected chi connectivity index (χ0v) is 27.6. The summed E-state index contributed by atoms with van der Waals surface area (Å²) in [4.78, 5) is 56.4. The third-order valence-electron chi connectivity index (χ3n) is 7.89. The Balaban J connectivity index is 1.74. The summed E-state index contributed by atoms with van der Waals surface area (Å²) in [6.07, 6.45) is 2.94. The van der Waals surface area contributed by atoms with E-state index in [0.29, 0.717) is 48.4 Å². The van der Waals surface area contributed by atoms with Crippen molar-refractivity contribution in [2.24, 2.45) is 5.92 Å². The summed E-state index contributed by atoms with van der Waals surface area (Å²) >= 11 is 12.5. The topological polar surface area (TPSA) is 138 Å². The maximum atomic E-state index is 13.9. The standard InChI is InChI=1S/C31H46Cl2N4O7/c1-5-43-29(41)22-8-6-7-9-26(22)36-13-15-37(16-14-36)28(40)25(18-20-10-11-21(32)19-23(20)33)34-27(39)24(12-17-38)35-30(42)44-31(2,3)4/h10-11,19,22,24-26,38H,5-9,12-18H2,1-4H3,(H,34,39)(H,35,42)/t22?,24?,25?,26-/m0/s1. The third-order valence-corrected chi connectivity index (χ3v) is 8.48. The molecule has 11 nitrogen and oxygen atoms in total. The minimum absolute atomic E-state index is 0.0709. The predicted octanol–water partition coefficient (Wildman–Crippen LogP) is 3.56. The number of benzene rings is 1. The van der Waals surface area contributed by atoms with E-state index in [4.69, 9.17) is 32.7 Å². The molecule has 1 aliphatic carbocycles. The largest absolute Gasteiger partial charge is 0.466 e. The van der Waals surface area contributed by atoms with E-state index in [1.54, 1.807) is 43.9 Å². The Morgan fingerprint density at radius 2 is 1.70 bits per heavy atom. The first-order valence-electron chi connectivity index (χ1n) is 15.4. The second-order valence-electron chi connectivity index (χ2n) is 12.3. The smallest absolute Gasteiger partial charge is 0.408 e. The summed E-state index contributed by atoms with van der Waals surface area (Å²) in [6.45, 7) is 8.89. The van der Waals surface area contributed by atoms with Crippen molar-refractivity contribution in [3.05, 3.63) is 33.8 Å². The fraction of sp³-hybridized carbons (Fsp3) is 0.677. The van der Waals surface area contributed by atoms with E-state index in [1.807, 2.05) is 6.92 Å². The lowest BCUT2D eigenvalue weighted by Crippen LogP contribution is -2.60. The van der Waals surface area contributed by atoms with E-state index in [1.165, 1.54) is 0 Å². The van der Waals surface area contributed by atoms with Gasteiger partial charge in [0, 0.05) is 55.3 Å². The number of esters is 1. The van der Waals surface area contributed by atoms with Crippen LogP contribution < -0.4 is 10.6 Å².